The fourth-order valence-electron chi connectivity index (χ4n) is 4.60. The molecule has 1 N–H and O–H groups in total. The van der Waals surface area contributed by atoms with Crippen LogP contribution in [0.25, 0.3) is 0 Å². The number of rotatable bonds is 30. The van der Waals surface area contributed by atoms with Gasteiger partial charge >= 0.3 is 11.9 Å². The van der Waals surface area contributed by atoms with Crippen molar-refractivity contribution in [3.8, 4) is 0 Å². The Morgan fingerprint density at radius 3 is 1.40 bits per heavy atom. The van der Waals surface area contributed by atoms with Crippen LogP contribution in [0.2, 0.25) is 0 Å². The predicted molar refractivity (Wildman–Crippen MR) is 168 cm³/mol. The molecule has 0 fully saturated rings. The molecule has 0 radical (unpaired) electrons. The third-order valence-corrected chi connectivity index (χ3v) is 7.22. The molecule has 0 spiro atoms. The summed E-state index contributed by atoms with van der Waals surface area (Å²) in [6.07, 6.45) is 35.1. The highest BCUT2D eigenvalue weighted by molar-refractivity contribution is 5.70. The maximum Gasteiger partial charge on any atom is 0.306 e. The average molecular weight is 565 g/mol. The fraction of sp³-hybridized carbons (Fsp3) is 0.829. The second-order valence-electron chi connectivity index (χ2n) is 11.2. The molecule has 0 aliphatic carbocycles. The molecule has 0 unspecified atom stereocenters. The Hall–Kier alpha value is -1.62. The van der Waals surface area contributed by atoms with Crippen LogP contribution in [-0.4, -0.2) is 36.4 Å². The Morgan fingerprint density at radius 2 is 0.925 bits per heavy atom. The molecule has 0 bridgehead atoms. The third-order valence-electron chi connectivity index (χ3n) is 7.22. The second-order valence-corrected chi connectivity index (χ2v) is 11.2. The van der Waals surface area contributed by atoms with Gasteiger partial charge in [0, 0.05) is 12.8 Å². The topological polar surface area (TPSA) is 72.8 Å². The first-order valence-corrected chi connectivity index (χ1v) is 16.9. The van der Waals surface area contributed by atoms with E-state index in [1.54, 1.807) is 0 Å². The van der Waals surface area contributed by atoms with Gasteiger partial charge in [0.25, 0.3) is 0 Å². The zero-order valence-corrected chi connectivity index (χ0v) is 26.4. The van der Waals surface area contributed by atoms with Crippen molar-refractivity contribution >= 4 is 11.9 Å². The quantitative estimate of drug-likeness (QED) is 0.0534. The van der Waals surface area contributed by atoms with Crippen molar-refractivity contribution in [2.75, 3.05) is 13.2 Å². The number of unbranched alkanes of at least 4 members (excludes halogenated alkanes) is 18. The van der Waals surface area contributed by atoms with E-state index in [4.69, 9.17) is 9.47 Å². The van der Waals surface area contributed by atoms with Crippen LogP contribution < -0.4 is 0 Å². The number of hydrogen-bond acceptors (Lipinski definition) is 5. The molecule has 0 heterocycles. The van der Waals surface area contributed by atoms with E-state index in [0.717, 1.165) is 51.4 Å². The molecule has 234 valence electrons. The van der Waals surface area contributed by atoms with Gasteiger partial charge in [-0.05, 0) is 64.2 Å². The summed E-state index contributed by atoms with van der Waals surface area (Å²) in [5.74, 6) is -0.612. The summed E-state index contributed by atoms with van der Waals surface area (Å²) < 4.78 is 10.5. The van der Waals surface area contributed by atoms with Crippen LogP contribution in [0.5, 0.6) is 0 Å². The van der Waals surface area contributed by atoms with Crippen molar-refractivity contribution in [3.05, 3.63) is 24.3 Å². The molecular weight excluding hydrogens is 500 g/mol. The number of ether oxygens (including phenoxy) is 2. The fourth-order valence-corrected chi connectivity index (χ4v) is 4.60. The number of carbonyl (C=O) groups excluding carboxylic acids is 2. The zero-order chi connectivity index (χ0) is 29.4. The highest BCUT2D eigenvalue weighted by atomic mass is 16.6. The van der Waals surface area contributed by atoms with Crippen molar-refractivity contribution in [2.24, 2.45) is 0 Å². The summed E-state index contributed by atoms with van der Waals surface area (Å²) in [7, 11) is 0. The maximum absolute atomic E-state index is 12.1. The van der Waals surface area contributed by atoms with E-state index in [9.17, 15) is 14.7 Å². The molecule has 1 atom stereocenters. The normalized spacial score (nSPS) is 12.4. The molecule has 0 aliphatic rings. The van der Waals surface area contributed by atoms with E-state index in [1.807, 2.05) is 0 Å². The molecule has 0 saturated carbocycles. The van der Waals surface area contributed by atoms with Gasteiger partial charge in [0.1, 0.15) is 6.61 Å². The summed E-state index contributed by atoms with van der Waals surface area (Å²) >= 11 is 0. The first-order chi connectivity index (χ1) is 19.6. The SMILES string of the molecule is CCCCC/C=C/CCCCCCCC(=O)OC[C@H](CO)OC(=O)CCCCCCC/C=C/CCCCCCC. The molecule has 0 aromatic heterocycles. The van der Waals surface area contributed by atoms with Gasteiger partial charge in [-0.1, -0.05) is 115 Å². The highest BCUT2D eigenvalue weighted by Gasteiger charge is 2.16. The van der Waals surface area contributed by atoms with E-state index >= 15 is 0 Å². The molecule has 0 aliphatic heterocycles. The summed E-state index contributed by atoms with van der Waals surface area (Å²) in [4.78, 5) is 24.1. The Kier molecular flexibility index (Phi) is 30.6. The third kappa shape index (κ3) is 29.4. The lowest BCUT2D eigenvalue weighted by molar-refractivity contribution is -0.161. The number of esters is 2. The van der Waals surface area contributed by atoms with Crippen LogP contribution in [-0.2, 0) is 19.1 Å². The van der Waals surface area contributed by atoms with Gasteiger partial charge in [0.15, 0.2) is 6.10 Å². The lowest BCUT2D eigenvalue weighted by Gasteiger charge is -2.15. The summed E-state index contributed by atoms with van der Waals surface area (Å²) in [5.41, 5.74) is 0. The summed E-state index contributed by atoms with van der Waals surface area (Å²) in [6, 6.07) is 0. The monoisotopic (exact) mass is 564 g/mol. The lowest BCUT2D eigenvalue weighted by atomic mass is 10.1. The number of allylic oxidation sites excluding steroid dienone is 4. The van der Waals surface area contributed by atoms with Gasteiger partial charge in [-0.2, -0.15) is 0 Å². The van der Waals surface area contributed by atoms with Gasteiger partial charge in [-0.3, -0.25) is 9.59 Å². The predicted octanol–water partition coefficient (Wildman–Crippen LogP) is 9.95. The Bertz CT molecular complexity index is 613. The van der Waals surface area contributed by atoms with Gasteiger partial charge in [0.2, 0.25) is 0 Å². The summed E-state index contributed by atoms with van der Waals surface area (Å²) in [6.45, 7) is 4.07. The van der Waals surface area contributed by atoms with Crippen LogP contribution in [0.1, 0.15) is 168 Å². The van der Waals surface area contributed by atoms with Crippen LogP contribution >= 0.6 is 0 Å². The minimum Gasteiger partial charge on any atom is -0.462 e. The number of carbonyl (C=O) groups is 2. The molecule has 0 amide bonds. The molecule has 40 heavy (non-hydrogen) atoms. The lowest BCUT2D eigenvalue weighted by Crippen LogP contribution is -2.28. The van der Waals surface area contributed by atoms with Crippen LogP contribution in [0, 0.1) is 0 Å². The van der Waals surface area contributed by atoms with E-state index in [-0.39, 0.29) is 25.2 Å². The van der Waals surface area contributed by atoms with E-state index in [0.29, 0.717) is 12.8 Å². The molecule has 0 saturated heterocycles. The smallest absolute Gasteiger partial charge is 0.306 e. The minimum absolute atomic E-state index is 0.0715. The average Bonchev–Trinajstić information content (AvgIpc) is 2.96. The van der Waals surface area contributed by atoms with Gasteiger partial charge in [-0.25, -0.2) is 0 Å². The molecular formula is C35H64O5. The van der Waals surface area contributed by atoms with Crippen molar-refractivity contribution in [1.82, 2.24) is 0 Å². The highest BCUT2D eigenvalue weighted by Crippen LogP contribution is 2.12. The van der Waals surface area contributed by atoms with Crippen molar-refractivity contribution in [2.45, 2.75) is 174 Å². The maximum atomic E-state index is 12.1. The van der Waals surface area contributed by atoms with Crippen molar-refractivity contribution in [1.29, 1.82) is 0 Å². The second kappa shape index (κ2) is 31.9. The van der Waals surface area contributed by atoms with E-state index in [1.165, 1.54) is 89.9 Å². The Balaban J connectivity index is 3.61. The van der Waals surface area contributed by atoms with Gasteiger partial charge in [0.05, 0.1) is 6.61 Å². The molecule has 5 heteroatoms. The first-order valence-electron chi connectivity index (χ1n) is 16.9. The number of aliphatic hydroxyl groups excluding tert-OH is 1. The number of hydrogen-bond donors (Lipinski definition) is 1. The van der Waals surface area contributed by atoms with Crippen molar-refractivity contribution < 1.29 is 24.2 Å². The van der Waals surface area contributed by atoms with E-state index < -0.39 is 6.10 Å². The van der Waals surface area contributed by atoms with Crippen molar-refractivity contribution in [3.63, 3.8) is 0 Å². The van der Waals surface area contributed by atoms with Gasteiger partial charge < -0.3 is 14.6 Å². The van der Waals surface area contributed by atoms with Crippen LogP contribution in [0.15, 0.2) is 24.3 Å². The number of aliphatic hydroxyl groups is 1. The first kappa shape index (κ1) is 38.4. The van der Waals surface area contributed by atoms with Crippen LogP contribution in [0.3, 0.4) is 0 Å². The molecule has 5 nitrogen and oxygen atoms in total. The zero-order valence-electron chi connectivity index (χ0n) is 26.4. The largest absolute Gasteiger partial charge is 0.462 e. The van der Waals surface area contributed by atoms with Gasteiger partial charge in [-0.15, -0.1) is 0 Å². The van der Waals surface area contributed by atoms with E-state index in [2.05, 4.69) is 38.2 Å². The minimum atomic E-state index is -0.773. The standard InChI is InChI=1S/C35H64O5/c1-3-5-7-9-11-13-15-17-18-20-22-24-26-28-30-35(38)40-33(31-36)32-39-34(37)29-27-25-23-21-19-16-14-12-10-8-6-4-2/h12,14-15,17,33,36H,3-11,13,16,18-32H2,1-2H3/b14-12+,17-15+/t33-/m0/s1. The molecule has 0 aromatic carbocycles. The molecule has 0 rings (SSSR count). The Labute approximate surface area is 247 Å². The molecule has 0 aromatic rings. The summed E-state index contributed by atoms with van der Waals surface area (Å²) in [5, 5.41) is 9.49. The Morgan fingerprint density at radius 1 is 0.550 bits per heavy atom. The van der Waals surface area contributed by atoms with Crippen LogP contribution in [0.4, 0.5) is 0 Å².